The highest BCUT2D eigenvalue weighted by Gasteiger charge is 2.19. The highest BCUT2D eigenvalue weighted by atomic mass is 16.3. The maximum Gasteiger partial charge on any atom is 0.220 e. The van der Waals surface area contributed by atoms with Crippen molar-refractivity contribution in [2.75, 3.05) is 13.1 Å². The van der Waals surface area contributed by atoms with E-state index in [-0.39, 0.29) is 11.3 Å². The zero-order valence-corrected chi connectivity index (χ0v) is 12.7. The molecule has 1 aromatic rings. The van der Waals surface area contributed by atoms with Gasteiger partial charge in [-0.25, -0.2) is 0 Å². The van der Waals surface area contributed by atoms with Crippen LogP contribution >= 0.6 is 0 Å². The van der Waals surface area contributed by atoms with Crippen LogP contribution in [0.4, 0.5) is 0 Å². The van der Waals surface area contributed by atoms with Gasteiger partial charge < -0.3 is 16.2 Å². The molecule has 0 aliphatic rings. The van der Waals surface area contributed by atoms with Gasteiger partial charge in [-0.3, -0.25) is 4.79 Å². The second-order valence-electron chi connectivity index (χ2n) is 6.06. The highest BCUT2D eigenvalue weighted by Crippen LogP contribution is 2.33. The number of rotatable bonds is 6. The average Bonchev–Trinajstić information content (AvgIpc) is 2.36. The van der Waals surface area contributed by atoms with Crippen LogP contribution in [0.3, 0.4) is 0 Å². The molecule has 1 aromatic carbocycles. The molecule has 0 aromatic heterocycles. The lowest BCUT2D eigenvalue weighted by atomic mass is 9.85. The van der Waals surface area contributed by atoms with Gasteiger partial charge in [-0.2, -0.15) is 0 Å². The minimum atomic E-state index is -0.108. The maximum atomic E-state index is 11.7. The summed E-state index contributed by atoms with van der Waals surface area (Å²) in [6.45, 7) is 7.38. The Kier molecular flexibility index (Phi) is 6.02. The molecular weight excluding hydrogens is 252 g/mol. The fraction of sp³-hybridized carbons (Fsp3) is 0.562. The fourth-order valence-electron chi connectivity index (χ4n) is 2.06. The Hall–Kier alpha value is -1.55. The molecule has 0 aliphatic heterocycles. The Morgan fingerprint density at radius 3 is 2.65 bits per heavy atom. The van der Waals surface area contributed by atoms with Crippen molar-refractivity contribution in [2.45, 2.75) is 45.4 Å². The van der Waals surface area contributed by atoms with Gasteiger partial charge in [-0.05, 0) is 35.9 Å². The first-order valence-electron chi connectivity index (χ1n) is 7.14. The molecule has 0 saturated heterocycles. The SMILES string of the molecule is CC(C)(C)c1cccc(CCC(=O)NCCCN)c1O. The predicted molar refractivity (Wildman–Crippen MR) is 81.8 cm³/mol. The summed E-state index contributed by atoms with van der Waals surface area (Å²) in [6.07, 6.45) is 1.71. The van der Waals surface area contributed by atoms with E-state index in [2.05, 4.69) is 26.1 Å². The second-order valence-corrected chi connectivity index (χ2v) is 6.06. The molecule has 0 saturated carbocycles. The van der Waals surface area contributed by atoms with Gasteiger partial charge >= 0.3 is 0 Å². The molecule has 20 heavy (non-hydrogen) atoms. The number of hydrogen-bond acceptors (Lipinski definition) is 3. The van der Waals surface area contributed by atoms with E-state index in [0.717, 1.165) is 17.5 Å². The lowest BCUT2D eigenvalue weighted by Gasteiger charge is -2.21. The second kappa shape index (κ2) is 7.29. The zero-order chi connectivity index (χ0) is 15.2. The molecule has 112 valence electrons. The topological polar surface area (TPSA) is 75.4 Å². The molecule has 0 fully saturated rings. The first-order chi connectivity index (χ1) is 9.36. The number of nitrogens with one attached hydrogen (secondary N) is 1. The molecule has 0 atom stereocenters. The Bertz CT molecular complexity index is 450. The number of carbonyl (C=O) groups is 1. The standard InChI is InChI=1S/C16H26N2O2/c1-16(2,3)13-7-4-6-12(15(13)20)8-9-14(19)18-11-5-10-17/h4,6-7,20H,5,8-11,17H2,1-3H3,(H,18,19). The van der Waals surface area contributed by atoms with Crippen molar-refractivity contribution in [2.24, 2.45) is 5.73 Å². The van der Waals surface area contributed by atoms with Crippen LogP contribution in [0.25, 0.3) is 0 Å². The summed E-state index contributed by atoms with van der Waals surface area (Å²) < 4.78 is 0. The summed E-state index contributed by atoms with van der Waals surface area (Å²) in [6, 6.07) is 5.74. The first kappa shape index (κ1) is 16.5. The van der Waals surface area contributed by atoms with Crippen LogP contribution < -0.4 is 11.1 Å². The minimum Gasteiger partial charge on any atom is -0.507 e. The normalized spacial score (nSPS) is 11.4. The third kappa shape index (κ3) is 4.85. The van der Waals surface area contributed by atoms with Crippen LogP contribution in [0, 0.1) is 0 Å². The molecule has 4 nitrogen and oxygen atoms in total. The third-order valence-corrected chi connectivity index (χ3v) is 3.25. The van der Waals surface area contributed by atoms with Gasteiger partial charge in [-0.15, -0.1) is 0 Å². The van der Waals surface area contributed by atoms with Crippen molar-refractivity contribution in [1.29, 1.82) is 0 Å². The number of hydrogen-bond donors (Lipinski definition) is 3. The number of amides is 1. The van der Waals surface area contributed by atoms with Crippen molar-refractivity contribution < 1.29 is 9.90 Å². The van der Waals surface area contributed by atoms with Gasteiger partial charge in [0.2, 0.25) is 5.91 Å². The summed E-state index contributed by atoms with van der Waals surface area (Å²) >= 11 is 0. The number of aryl methyl sites for hydroxylation is 1. The molecule has 0 aliphatic carbocycles. The lowest BCUT2D eigenvalue weighted by molar-refractivity contribution is -0.121. The molecule has 1 rings (SSSR count). The molecule has 0 spiro atoms. The van der Waals surface area contributed by atoms with E-state index in [4.69, 9.17) is 5.73 Å². The molecule has 1 amide bonds. The number of phenols is 1. The van der Waals surface area contributed by atoms with Crippen molar-refractivity contribution >= 4 is 5.91 Å². The fourth-order valence-corrected chi connectivity index (χ4v) is 2.06. The van der Waals surface area contributed by atoms with E-state index < -0.39 is 0 Å². The van der Waals surface area contributed by atoms with E-state index in [1.54, 1.807) is 0 Å². The quantitative estimate of drug-likeness (QED) is 0.697. The Morgan fingerprint density at radius 1 is 1.35 bits per heavy atom. The first-order valence-corrected chi connectivity index (χ1v) is 7.14. The number of phenolic OH excluding ortho intramolecular Hbond substituents is 1. The molecule has 4 heteroatoms. The zero-order valence-electron chi connectivity index (χ0n) is 12.7. The Morgan fingerprint density at radius 2 is 2.05 bits per heavy atom. The van der Waals surface area contributed by atoms with Gasteiger partial charge in [0.1, 0.15) is 5.75 Å². The van der Waals surface area contributed by atoms with Crippen LogP contribution in [0.5, 0.6) is 5.75 Å². The van der Waals surface area contributed by atoms with Crippen molar-refractivity contribution in [3.05, 3.63) is 29.3 Å². The molecule has 0 unspecified atom stereocenters. The number of carbonyl (C=O) groups excluding carboxylic acids is 1. The molecule has 4 N–H and O–H groups in total. The number of nitrogens with two attached hydrogens (primary N) is 1. The van der Waals surface area contributed by atoms with Crippen LogP contribution in [-0.4, -0.2) is 24.1 Å². The number of benzene rings is 1. The van der Waals surface area contributed by atoms with E-state index in [9.17, 15) is 9.90 Å². The van der Waals surface area contributed by atoms with Gasteiger partial charge in [0.05, 0.1) is 0 Å². The minimum absolute atomic E-state index is 0.000915. The average molecular weight is 278 g/mol. The van der Waals surface area contributed by atoms with Crippen LogP contribution in [0.15, 0.2) is 18.2 Å². The van der Waals surface area contributed by atoms with Crippen LogP contribution in [0.1, 0.15) is 44.7 Å². The number of para-hydroxylation sites is 1. The Labute approximate surface area is 121 Å². The molecule has 0 radical (unpaired) electrons. The summed E-state index contributed by atoms with van der Waals surface area (Å²) in [7, 11) is 0. The lowest BCUT2D eigenvalue weighted by Crippen LogP contribution is -2.26. The van der Waals surface area contributed by atoms with Crippen LogP contribution in [-0.2, 0) is 16.6 Å². The van der Waals surface area contributed by atoms with Gasteiger partial charge in [0.25, 0.3) is 0 Å². The van der Waals surface area contributed by atoms with Gasteiger partial charge in [-0.1, -0.05) is 39.0 Å². The van der Waals surface area contributed by atoms with Crippen molar-refractivity contribution in [3.63, 3.8) is 0 Å². The Balaban J connectivity index is 2.63. The van der Waals surface area contributed by atoms with E-state index in [0.29, 0.717) is 31.7 Å². The van der Waals surface area contributed by atoms with Gasteiger partial charge in [0.15, 0.2) is 0 Å². The summed E-state index contributed by atoms with van der Waals surface area (Å²) in [5.41, 5.74) is 7.01. The largest absolute Gasteiger partial charge is 0.507 e. The van der Waals surface area contributed by atoms with E-state index >= 15 is 0 Å². The van der Waals surface area contributed by atoms with Crippen molar-refractivity contribution in [3.8, 4) is 5.75 Å². The number of aromatic hydroxyl groups is 1. The summed E-state index contributed by atoms with van der Waals surface area (Å²) in [5, 5.41) is 13.1. The smallest absolute Gasteiger partial charge is 0.220 e. The summed E-state index contributed by atoms with van der Waals surface area (Å²) in [5.74, 6) is 0.314. The maximum absolute atomic E-state index is 11.7. The van der Waals surface area contributed by atoms with E-state index in [1.165, 1.54) is 0 Å². The molecular formula is C16H26N2O2. The summed E-state index contributed by atoms with van der Waals surface area (Å²) in [4.78, 5) is 11.7. The van der Waals surface area contributed by atoms with Crippen LogP contribution in [0.2, 0.25) is 0 Å². The highest BCUT2D eigenvalue weighted by molar-refractivity contribution is 5.76. The molecule has 0 heterocycles. The third-order valence-electron chi connectivity index (χ3n) is 3.25. The van der Waals surface area contributed by atoms with E-state index in [1.807, 2.05) is 18.2 Å². The van der Waals surface area contributed by atoms with Gasteiger partial charge in [0, 0.05) is 13.0 Å². The predicted octanol–water partition coefficient (Wildman–Crippen LogP) is 2.09. The monoisotopic (exact) mass is 278 g/mol. The van der Waals surface area contributed by atoms with Crippen molar-refractivity contribution in [1.82, 2.24) is 5.32 Å². The molecule has 0 bridgehead atoms.